The van der Waals surface area contributed by atoms with Crippen molar-refractivity contribution in [3.05, 3.63) is 28.2 Å². The van der Waals surface area contributed by atoms with E-state index in [0.717, 1.165) is 25.8 Å². The van der Waals surface area contributed by atoms with E-state index in [0.29, 0.717) is 22.3 Å². The van der Waals surface area contributed by atoms with E-state index in [2.05, 4.69) is 5.32 Å². The number of amides is 1. The number of hydrogen-bond donors (Lipinski definition) is 2. The Bertz CT molecular complexity index is 441. The summed E-state index contributed by atoms with van der Waals surface area (Å²) in [5, 5.41) is 12.4. The lowest BCUT2D eigenvalue weighted by molar-refractivity contribution is -0.117. The second kappa shape index (κ2) is 9.19. The monoisotopic (exact) mass is 318 g/mol. The molecule has 0 radical (unpaired) electrons. The summed E-state index contributed by atoms with van der Waals surface area (Å²) in [6.07, 6.45) is 2.73. The van der Waals surface area contributed by atoms with Crippen molar-refractivity contribution >= 4 is 34.8 Å². The maximum atomic E-state index is 11.9. The number of hydrogen-bond acceptors (Lipinski definition) is 3. The van der Waals surface area contributed by atoms with E-state index in [1.54, 1.807) is 18.2 Å². The molecule has 0 heterocycles. The molecule has 0 atom stereocenters. The number of aliphatic hydroxyl groups excluding tert-OH is 1. The third kappa shape index (κ3) is 6.57. The Balaban J connectivity index is 2.37. The van der Waals surface area contributed by atoms with Crippen LogP contribution in [0, 0.1) is 0 Å². The molecule has 1 amide bonds. The van der Waals surface area contributed by atoms with Crippen LogP contribution in [0.4, 0.5) is 5.69 Å². The van der Waals surface area contributed by atoms with Gasteiger partial charge in [0.25, 0.3) is 0 Å². The molecule has 1 aromatic carbocycles. The smallest absolute Gasteiger partial charge is 0.238 e. The number of benzene rings is 1. The molecule has 0 aliphatic carbocycles. The van der Waals surface area contributed by atoms with E-state index >= 15 is 0 Å². The van der Waals surface area contributed by atoms with Crippen LogP contribution < -0.4 is 5.32 Å². The molecule has 20 heavy (non-hydrogen) atoms. The highest BCUT2D eigenvalue weighted by atomic mass is 35.5. The van der Waals surface area contributed by atoms with Gasteiger partial charge in [0.15, 0.2) is 0 Å². The van der Waals surface area contributed by atoms with Gasteiger partial charge in [0.05, 0.1) is 17.3 Å². The predicted molar refractivity (Wildman–Crippen MR) is 83.5 cm³/mol. The molecule has 0 bridgehead atoms. The molecule has 4 nitrogen and oxygen atoms in total. The fourth-order valence-electron chi connectivity index (χ4n) is 1.78. The minimum atomic E-state index is -0.126. The first kappa shape index (κ1) is 17.2. The third-order valence-corrected chi connectivity index (χ3v) is 3.38. The van der Waals surface area contributed by atoms with Crippen LogP contribution in [-0.4, -0.2) is 42.7 Å². The van der Waals surface area contributed by atoms with E-state index in [9.17, 15) is 4.79 Å². The molecule has 0 saturated heterocycles. The molecule has 0 aromatic heterocycles. The fraction of sp³-hybridized carbons (Fsp3) is 0.500. The number of carbonyl (C=O) groups is 1. The van der Waals surface area contributed by atoms with E-state index in [1.165, 1.54) is 0 Å². The molecular formula is C14H20Cl2N2O2. The number of nitrogens with zero attached hydrogens (tertiary/aromatic N) is 1. The number of nitrogens with one attached hydrogen (secondary N) is 1. The van der Waals surface area contributed by atoms with Crippen LogP contribution in [0.15, 0.2) is 18.2 Å². The number of halogens is 2. The summed E-state index contributed by atoms with van der Waals surface area (Å²) < 4.78 is 0. The zero-order valence-electron chi connectivity index (χ0n) is 11.5. The van der Waals surface area contributed by atoms with Crippen molar-refractivity contribution in [1.29, 1.82) is 0 Å². The lowest BCUT2D eigenvalue weighted by Gasteiger charge is -2.16. The molecule has 0 spiro atoms. The highest BCUT2D eigenvalue weighted by molar-refractivity contribution is 6.35. The Hall–Kier alpha value is -0.810. The van der Waals surface area contributed by atoms with Crippen molar-refractivity contribution in [1.82, 2.24) is 4.90 Å². The Morgan fingerprint density at radius 2 is 2.05 bits per heavy atom. The Morgan fingerprint density at radius 3 is 2.75 bits per heavy atom. The lowest BCUT2D eigenvalue weighted by Crippen LogP contribution is -2.31. The quantitative estimate of drug-likeness (QED) is 0.724. The zero-order valence-corrected chi connectivity index (χ0v) is 13.0. The summed E-state index contributed by atoms with van der Waals surface area (Å²) in [5.74, 6) is -0.126. The van der Waals surface area contributed by atoms with Crippen LogP contribution in [0.1, 0.15) is 19.3 Å². The molecule has 0 aliphatic rings. The molecule has 0 unspecified atom stereocenters. The first-order valence-electron chi connectivity index (χ1n) is 6.57. The highest BCUT2D eigenvalue weighted by Gasteiger charge is 2.09. The fourth-order valence-corrected chi connectivity index (χ4v) is 2.11. The van der Waals surface area contributed by atoms with Gasteiger partial charge in [-0.25, -0.2) is 0 Å². The van der Waals surface area contributed by atoms with Crippen molar-refractivity contribution in [2.24, 2.45) is 0 Å². The maximum absolute atomic E-state index is 11.9. The molecule has 1 aromatic rings. The average molecular weight is 319 g/mol. The number of likely N-dealkylation sites (N-methyl/N-ethyl adjacent to an activating group) is 1. The van der Waals surface area contributed by atoms with Crippen LogP contribution in [-0.2, 0) is 4.79 Å². The van der Waals surface area contributed by atoms with Crippen LogP contribution in [0.2, 0.25) is 10.0 Å². The molecule has 1 rings (SSSR count). The largest absolute Gasteiger partial charge is 0.396 e. The number of carbonyl (C=O) groups excluding carboxylic acids is 1. The molecule has 6 heteroatoms. The van der Waals surface area contributed by atoms with E-state index < -0.39 is 0 Å². The normalized spacial score (nSPS) is 10.8. The van der Waals surface area contributed by atoms with Crippen molar-refractivity contribution in [2.75, 3.05) is 32.1 Å². The van der Waals surface area contributed by atoms with Gasteiger partial charge in [0, 0.05) is 11.6 Å². The third-order valence-electron chi connectivity index (χ3n) is 2.81. The van der Waals surface area contributed by atoms with Gasteiger partial charge >= 0.3 is 0 Å². The standard InChI is InChI=1S/C14H20Cl2N2O2/c1-18(7-3-2-4-8-19)10-14(20)17-13-9-11(15)5-6-12(13)16/h5-6,9,19H,2-4,7-8,10H2,1H3,(H,17,20). The number of unbranched alkanes of at least 4 members (excludes halogenated alkanes) is 2. The van der Waals surface area contributed by atoms with Crippen molar-refractivity contribution in [2.45, 2.75) is 19.3 Å². The van der Waals surface area contributed by atoms with Gasteiger partial charge in [-0.15, -0.1) is 0 Å². The summed E-state index contributed by atoms with van der Waals surface area (Å²) in [6.45, 7) is 1.33. The first-order chi connectivity index (χ1) is 9.52. The number of anilines is 1. The van der Waals surface area contributed by atoms with Gasteiger partial charge in [-0.1, -0.05) is 23.2 Å². The summed E-state index contributed by atoms with van der Waals surface area (Å²) in [5.41, 5.74) is 0.526. The maximum Gasteiger partial charge on any atom is 0.238 e. The number of aliphatic hydroxyl groups is 1. The van der Waals surface area contributed by atoms with E-state index in [-0.39, 0.29) is 12.5 Å². The molecule has 0 aliphatic heterocycles. The van der Waals surface area contributed by atoms with Crippen molar-refractivity contribution < 1.29 is 9.90 Å². The predicted octanol–water partition coefficient (Wildman–Crippen LogP) is 3.03. The Kier molecular flexibility index (Phi) is 7.92. The van der Waals surface area contributed by atoms with Crippen LogP contribution in [0.5, 0.6) is 0 Å². The summed E-state index contributed by atoms with van der Waals surface area (Å²) >= 11 is 11.8. The van der Waals surface area contributed by atoms with Crippen molar-refractivity contribution in [3.8, 4) is 0 Å². The van der Waals surface area contributed by atoms with E-state index in [4.69, 9.17) is 28.3 Å². The number of rotatable bonds is 8. The Morgan fingerprint density at radius 1 is 1.30 bits per heavy atom. The van der Waals surface area contributed by atoms with Gasteiger partial charge in [-0.3, -0.25) is 9.69 Å². The van der Waals surface area contributed by atoms with Crippen LogP contribution in [0.3, 0.4) is 0 Å². The molecular weight excluding hydrogens is 299 g/mol. The summed E-state index contributed by atoms with van der Waals surface area (Å²) in [6, 6.07) is 4.95. The topological polar surface area (TPSA) is 52.6 Å². The summed E-state index contributed by atoms with van der Waals surface area (Å²) in [4.78, 5) is 13.8. The van der Waals surface area contributed by atoms with Gasteiger partial charge in [-0.05, 0) is 51.1 Å². The molecule has 2 N–H and O–H groups in total. The second-order valence-corrected chi connectivity index (χ2v) is 5.54. The minimum absolute atomic E-state index is 0.126. The van der Waals surface area contributed by atoms with Crippen LogP contribution in [0.25, 0.3) is 0 Å². The van der Waals surface area contributed by atoms with Gasteiger partial charge in [0.2, 0.25) is 5.91 Å². The average Bonchev–Trinajstić information content (AvgIpc) is 2.39. The first-order valence-corrected chi connectivity index (χ1v) is 7.33. The van der Waals surface area contributed by atoms with Gasteiger partial charge in [-0.2, -0.15) is 0 Å². The SMILES string of the molecule is CN(CCCCCO)CC(=O)Nc1cc(Cl)ccc1Cl. The molecule has 0 fully saturated rings. The zero-order chi connectivity index (χ0) is 15.0. The Labute approximate surface area is 129 Å². The molecule has 0 saturated carbocycles. The second-order valence-electron chi connectivity index (χ2n) is 4.69. The van der Waals surface area contributed by atoms with Crippen molar-refractivity contribution in [3.63, 3.8) is 0 Å². The van der Waals surface area contributed by atoms with Crippen LogP contribution >= 0.6 is 23.2 Å². The minimum Gasteiger partial charge on any atom is -0.396 e. The van der Waals surface area contributed by atoms with Gasteiger partial charge in [0.1, 0.15) is 0 Å². The summed E-state index contributed by atoms with van der Waals surface area (Å²) in [7, 11) is 1.89. The van der Waals surface area contributed by atoms with Gasteiger partial charge < -0.3 is 10.4 Å². The lowest BCUT2D eigenvalue weighted by atomic mass is 10.2. The molecule has 112 valence electrons. The highest BCUT2D eigenvalue weighted by Crippen LogP contribution is 2.25. The van der Waals surface area contributed by atoms with E-state index in [1.807, 2.05) is 11.9 Å².